The summed E-state index contributed by atoms with van der Waals surface area (Å²) in [5.41, 5.74) is 6.37. The maximum atomic E-state index is 12.6. The van der Waals surface area contributed by atoms with Gasteiger partial charge in [-0.1, -0.05) is 55.2 Å². The molecule has 2 aromatic heterocycles. The van der Waals surface area contributed by atoms with Crippen LogP contribution in [0, 0.1) is 18.8 Å². The van der Waals surface area contributed by atoms with Crippen molar-refractivity contribution in [1.29, 1.82) is 0 Å². The van der Waals surface area contributed by atoms with Crippen LogP contribution in [-0.2, 0) is 17.8 Å². The summed E-state index contributed by atoms with van der Waals surface area (Å²) in [6.07, 6.45) is 12.6. The van der Waals surface area contributed by atoms with Crippen LogP contribution < -0.4 is 0 Å². The molecule has 43 heavy (non-hydrogen) atoms. The monoisotopic (exact) mass is 583 g/mol. The van der Waals surface area contributed by atoms with Crippen molar-refractivity contribution in [2.45, 2.75) is 89.6 Å². The first-order valence-electron chi connectivity index (χ1n) is 16.7. The van der Waals surface area contributed by atoms with E-state index in [-0.39, 0.29) is 12.0 Å². The smallest absolute Gasteiger partial charge is 0.321 e. The zero-order valence-electron chi connectivity index (χ0n) is 26.1. The van der Waals surface area contributed by atoms with Crippen LogP contribution in [-0.4, -0.2) is 74.4 Å². The SMILES string of the molecule is CCn1nc(Cc2cccnc2)cc1C1CCN(CC2CN(C(C(=O)O)C3CCCCC3)CC2c2cccc(C)c2)CC1. The van der Waals surface area contributed by atoms with Crippen LogP contribution in [0.2, 0.25) is 0 Å². The Morgan fingerprint density at radius 2 is 1.84 bits per heavy atom. The van der Waals surface area contributed by atoms with Crippen LogP contribution in [0.1, 0.15) is 91.8 Å². The Bertz CT molecular complexity index is 1340. The zero-order chi connectivity index (χ0) is 29.8. The third-order valence-corrected chi connectivity index (χ3v) is 10.5. The second-order valence-electron chi connectivity index (χ2n) is 13.4. The van der Waals surface area contributed by atoms with Crippen LogP contribution >= 0.6 is 0 Å². The van der Waals surface area contributed by atoms with Gasteiger partial charge in [0, 0.05) is 62.5 Å². The van der Waals surface area contributed by atoms with Crippen molar-refractivity contribution >= 4 is 5.97 Å². The van der Waals surface area contributed by atoms with E-state index in [1.54, 1.807) is 0 Å². The molecule has 2 aliphatic heterocycles. The summed E-state index contributed by atoms with van der Waals surface area (Å²) in [5.74, 6) is 1.01. The van der Waals surface area contributed by atoms with Crippen molar-refractivity contribution in [1.82, 2.24) is 24.6 Å². The Morgan fingerprint density at radius 1 is 1.02 bits per heavy atom. The molecule has 4 heterocycles. The molecule has 1 aliphatic carbocycles. The number of carboxylic acid groups (broad SMARTS) is 1. The Balaban J connectivity index is 1.13. The number of carbonyl (C=O) groups is 1. The van der Waals surface area contributed by atoms with Gasteiger partial charge in [-0.05, 0) is 87.7 Å². The molecule has 1 saturated carbocycles. The van der Waals surface area contributed by atoms with E-state index in [2.05, 4.69) is 69.7 Å². The van der Waals surface area contributed by atoms with E-state index in [1.807, 2.05) is 18.5 Å². The van der Waals surface area contributed by atoms with Gasteiger partial charge < -0.3 is 10.0 Å². The fourth-order valence-electron chi connectivity index (χ4n) is 8.31. The first-order chi connectivity index (χ1) is 21.0. The van der Waals surface area contributed by atoms with E-state index >= 15 is 0 Å². The van der Waals surface area contributed by atoms with Gasteiger partial charge in [-0.15, -0.1) is 0 Å². The highest BCUT2D eigenvalue weighted by atomic mass is 16.4. The third-order valence-electron chi connectivity index (χ3n) is 10.5. The molecule has 3 atom stereocenters. The number of benzene rings is 1. The molecule has 3 fully saturated rings. The van der Waals surface area contributed by atoms with E-state index in [0.717, 1.165) is 77.1 Å². The maximum Gasteiger partial charge on any atom is 0.321 e. The molecule has 7 nitrogen and oxygen atoms in total. The Labute approximate surface area is 257 Å². The second kappa shape index (κ2) is 13.7. The highest BCUT2D eigenvalue weighted by Gasteiger charge is 2.43. The van der Waals surface area contributed by atoms with Crippen LogP contribution in [0.4, 0.5) is 0 Å². The number of aryl methyl sites for hydroxylation is 2. The van der Waals surface area contributed by atoms with Crippen LogP contribution in [0.15, 0.2) is 54.9 Å². The summed E-state index contributed by atoms with van der Waals surface area (Å²) in [4.78, 5) is 21.9. The highest BCUT2D eigenvalue weighted by molar-refractivity contribution is 5.74. The van der Waals surface area contributed by atoms with Crippen molar-refractivity contribution in [2.75, 3.05) is 32.7 Å². The predicted octanol–water partition coefficient (Wildman–Crippen LogP) is 6.13. The van der Waals surface area contributed by atoms with Gasteiger partial charge >= 0.3 is 5.97 Å². The van der Waals surface area contributed by atoms with Gasteiger partial charge in [0.05, 0.1) is 5.69 Å². The summed E-state index contributed by atoms with van der Waals surface area (Å²) >= 11 is 0. The highest BCUT2D eigenvalue weighted by Crippen LogP contribution is 2.39. The van der Waals surface area contributed by atoms with Crippen LogP contribution in [0.5, 0.6) is 0 Å². The standard InChI is InChI=1S/C36H49N5O2/c1-3-41-34(21-32(38-41)20-27-10-8-16-37-22-27)28-14-17-39(18-15-28)23-31-24-40(25-33(31)30-13-7-9-26(2)19-30)35(36(42)43)29-11-5-4-6-12-29/h7-10,13,16,19,21-22,28-29,31,33,35H,3-6,11-12,14-15,17-18,20,23-25H2,1-2H3,(H,42,43). The van der Waals surface area contributed by atoms with Gasteiger partial charge in [-0.3, -0.25) is 19.4 Å². The Kier molecular flexibility index (Phi) is 9.58. The summed E-state index contributed by atoms with van der Waals surface area (Å²) in [7, 11) is 0. The number of aliphatic carboxylic acids is 1. The molecule has 1 N–H and O–H groups in total. The second-order valence-corrected chi connectivity index (χ2v) is 13.4. The van der Waals surface area contributed by atoms with Gasteiger partial charge in [0.2, 0.25) is 0 Å². The van der Waals surface area contributed by atoms with Gasteiger partial charge in [-0.25, -0.2) is 0 Å². The normalized spacial score (nSPS) is 23.5. The number of piperidine rings is 1. The molecule has 0 spiro atoms. The summed E-state index contributed by atoms with van der Waals surface area (Å²) in [6, 6.07) is 15.0. The van der Waals surface area contributed by atoms with Crippen molar-refractivity contribution in [3.05, 3.63) is 82.9 Å². The molecular formula is C36H49N5O2. The van der Waals surface area contributed by atoms with Crippen molar-refractivity contribution in [2.24, 2.45) is 11.8 Å². The molecule has 0 bridgehead atoms. The van der Waals surface area contributed by atoms with E-state index in [4.69, 9.17) is 5.10 Å². The largest absolute Gasteiger partial charge is 0.480 e. The van der Waals surface area contributed by atoms with Gasteiger partial charge in [0.15, 0.2) is 0 Å². The fraction of sp³-hybridized carbons (Fsp3) is 0.583. The number of likely N-dealkylation sites (tertiary alicyclic amines) is 2. The lowest BCUT2D eigenvalue weighted by Crippen LogP contribution is -2.46. The van der Waals surface area contributed by atoms with Gasteiger partial charge in [0.1, 0.15) is 6.04 Å². The van der Waals surface area contributed by atoms with E-state index in [0.29, 0.717) is 17.8 Å². The predicted molar refractivity (Wildman–Crippen MR) is 170 cm³/mol. The molecule has 2 saturated heterocycles. The average molecular weight is 584 g/mol. The Hall–Kier alpha value is -3.03. The lowest BCUT2D eigenvalue weighted by molar-refractivity contribution is -0.145. The minimum Gasteiger partial charge on any atom is -0.480 e. The lowest BCUT2D eigenvalue weighted by atomic mass is 9.83. The third kappa shape index (κ3) is 7.04. The van der Waals surface area contributed by atoms with E-state index in [1.165, 1.54) is 41.6 Å². The van der Waals surface area contributed by atoms with E-state index < -0.39 is 5.97 Å². The van der Waals surface area contributed by atoms with Gasteiger partial charge in [0.25, 0.3) is 0 Å². The molecule has 0 radical (unpaired) electrons. The molecule has 3 unspecified atom stereocenters. The number of hydrogen-bond acceptors (Lipinski definition) is 5. The summed E-state index contributed by atoms with van der Waals surface area (Å²) in [6.45, 7) is 10.2. The topological polar surface area (TPSA) is 74.5 Å². The quantitative estimate of drug-likeness (QED) is 0.310. The molecule has 1 aromatic carbocycles. The number of nitrogens with zero attached hydrogens (tertiary/aromatic N) is 5. The number of carboxylic acids is 1. The summed E-state index contributed by atoms with van der Waals surface area (Å²) in [5, 5.41) is 15.3. The molecular weight excluding hydrogens is 534 g/mol. The lowest BCUT2D eigenvalue weighted by Gasteiger charge is -2.35. The molecule has 3 aliphatic rings. The molecule has 6 rings (SSSR count). The minimum atomic E-state index is -0.619. The number of hydrogen-bond donors (Lipinski definition) is 1. The van der Waals surface area contributed by atoms with Crippen LogP contribution in [0.25, 0.3) is 0 Å². The maximum absolute atomic E-state index is 12.6. The first-order valence-corrected chi connectivity index (χ1v) is 16.7. The number of rotatable bonds is 10. The number of aromatic nitrogens is 3. The average Bonchev–Trinajstić information content (AvgIpc) is 3.62. The molecule has 3 aromatic rings. The molecule has 0 amide bonds. The van der Waals surface area contributed by atoms with Crippen molar-refractivity contribution in [3.63, 3.8) is 0 Å². The fourth-order valence-corrected chi connectivity index (χ4v) is 8.31. The first kappa shape index (κ1) is 30.0. The summed E-state index contributed by atoms with van der Waals surface area (Å²) < 4.78 is 2.21. The minimum absolute atomic E-state index is 0.283. The number of pyridine rings is 1. The Morgan fingerprint density at radius 3 is 2.53 bits per heavy atom. The molecule has 7 heteroatoms. The van der Waals surface area contributed by atoms with Gasteiger partial charge in [-0.2, -0.15) is 5.10 Å². The zero-order valence-corrected chi connectivity index (χ0v) is 26.1. The van der Waals surface area contributed by atoms with E-state index in [9.17, 15) is 9.90 Å². The van der Waals surface area contributed by atoms with Crippen LogP contribution in [0.3, 0.4) is 0 Å². The molecule has 230 valence electrons. The van der Waals surface area contributed by atoms with Crippen molar-refractivity contribution in [3.8, 4) is 0 Å². The van der Waals surface area contributed by atoms with Crippen molar-refractivity contribution < 1.29 is 9.90 Å².